The summed E-state index contributed by atoms with van der Waals surface area (Å²) in [6.07, 6.45) is -1.24. The van der Waals surface area contributed by atoms with Crippen LogP contribution in [0, 0.1) is 5.82 Å². The van der Waals surface area contributed by atoms with Gasteiger partial charge in [0.05, 0.1) is 14.2 Å². The van der Waals surface area contributed by atoms with Gasteiger partial charge in [0.15, 0.2) is 11.5 Å². The van der Waals surface area contributed by atoms with Crippen molar-refractivity contribution in [1.29, 1.82) is 0 Å². The minimum Gasteiger partial charge on any atom is -0.493 e. The van der Waals surface area contributed by atoms with E-state index in [0.717, 1.165) is 43.7 Å². The number of carboxylic acid groups (broad SMARTS) is 1. The first-order valence-corrected chi connectivity index (χ1v) is 12.9. The number of nitrogens with one attached hydrogen (secondary N) is 2. The van der Waals surface area contributed by atoms with Gasteiger partial charge in [-0.15, -0.1) is 0 Å². The van der Waals surface area contributed by atoms with Crippen LogP contribution in [0.1, 0.15) is 45.1 Å². The summed E-state index contributed by atoms with van der Waals surface area (Å²) in [5.74, 6) is -1.59. The second-order valence-electron chi connectivity index (χ2n) is 10.2. The van der Waals surface area contributed by atoms with Crippen LogP contribution in [0.15, 0.2) is 42.5 Å². The van der Waals surface area contributed by atoms with Crippen LogP contribution in [0.5, 0.6) is 11.5 Å². The maximum absolute atomic E-state index is 13.1. The van der Waals surface area contributed by atoms with Crippen LogP contribution < -0.4 is 20.1 Å². The molecular formula is C28H35F4N3O5. The molecule has 2 aromatic rings. The van der Waals surface area contributed by atoms with Crippen LogP contribution in [-0.2, 0) is 10.2 Å². The van der Waals surface area contributed by atoms with E-state index in [1.165, 1.54) is 17.7 Å². The first-order valence-electron chi connectivity index (χ1n) is 12.9. The lowest BCUT2D eigenvalue weighted by Crippen LogP contribution is -2.54. The van der Waals surface area contributed by atoms with Crippen LogP contribution in [0.4, 0.5) is 28.0 Å². The number of rotatable bonds is 6. The van der Waals surface area contributed by atoms with Gasteiger partial charge in [-0.3, -0.25) is 4.90 Å². The highest BCUT2D eigenvalue weighted by Crippen LogP contribution is 2.50. The van der Waals surface area contributed by atoms with Gasteiger partial charge < -0.3 is 25.2 Å². The predicted molar refractivity (Wildman–Crippen MR) is 141 cm³/mol. The number of carbonyl (C=O) groups excluding carboxylic acids is 1. The molecule has 3 atom stereocenters. The Morgan fingerprint density at radius 2 is 1.68 bits per heavy atom. The van der Waals surface area contributed by atoms with Crippen molar-refractivity contribution in [2.75, 3.05) is 26.1 Å². The van der Waals surface area contributed by atoms with Gasteiger partial charge in [0, 0.05) is 29.2 Å². The number of hydrogen-bond donors (Lipinski definition) is 3. The zero-order valence-electron chi connectivity index (χ0n) is 22.8. The fourth-order valence-corrected chi connectivity index (χ4v) is 5.70. The van der Waals surface area contributed by atoms with E-state index in [-0.39, 0.29) is 23.3 Å². The molecular weight excluding hydrogens is 534 g/mol. The number of alkyl halides is 3. The van der Waals surface area contributed by atoms with Gasteiger partial charge in [0.25, 0.3) is 0 Å². The van der Waals surface area contributed by atoms with Gasteiger partial charge in [-0.2, -0.15) is 13.2 Å². The van der Waals surface area contributed by atoms with Gasteiger partial charge in [0.2, 0.25) is 0 Å². The van der Waals surface area contributed by atoms with E-state index in [2.05, 4.69) is 41.5 Å². The van der Waals surface area contributed by atoms with E-state index >= 15 is 0 Å². The number of benzene rings is 2. The number of ether oxygens (including phenoxy) is 2. The number of carboxylic acids is 1. The summed E-state index contributed by atoms with van der Waals surface area (Å²) in [5.41, 5.74) is 1.88. The Kier molecular flexibility index (Phi) is 9.88. The number of nitrogens with zero attached hydrogens (tertiary/aromatic N) is 1. The van der Waals surface area contributed by atoms with Gasteiger partial charge in [0.1, 0.15) is 5.82 Å². The van der Waals surface area contributed by atoms with E-state index in [9.17, 15) is 22.4 Å². The summed E-state index contributed by atoms with van der Waals surface area (Å²) in [4.78, 5) is 24.1. The fraction of sp³-hybridized carbons (Fsp3) is 0.500. The molecule has 2 aliphatic rings. The van der Waals surface area contributed by atoms with Crippen LogP contribution in [0.25, 0.3) is 0 Å². The monoisotopic (exact) mass is 569 g/mol. The number of likely N-dealkylation sites (tertiary alicyclic amines) is 1. The Morgan fingerprint density at radius 3 is 2.23 bits per heavy atom. The number of hydrogen-bond acceptors (Lipinski definition) is 5. The molecule has 1 aliphatic carbocycles. The number of anilines is 1. The molecule has 220 valence electrons. The lowest BCUT2D eigenvalue weighted by molar-refractivity contribution is -0.192. The van der Waals surface area contributed by atoms with Crippen molar-refractivity contribution >= 4 is 17.7 Å². The Hall–Kier alpha value is -3.54. The smallest absolute Gasteiger partial charge is 0.490 e. The number of carbonyl (C=O) groups is 2. The molecule has 2 amide bonds. The fourth-order valence-electron chi connectivity index (χ4n) is 5.70. The Balaban J connectivity index is 0.000000559. The summed E-state index contributed by atoms with van der Waals surface area (Å²) in [6.45, 7) is 5.51. The highest BCUT2D eigenvalue weighted by Gasteiger charge is 2.52. The third-order valence-corrected chi connectivity index (χ3v) is 7.60. The van der Waals surface area contributed by atoms with E-state index in [1.807, 2.05) is 6.07 Å². The van der Waals surface area contributed by atoms with Gasteiger partial charge in [-0.1, -0.05) is 6.07 Å². The average molecular weight is 570 g/mol. The molecule has 1 saturated heterocycles. The SMILES string of the molecule is COc1ccc([C@@]23CC[C@@H](NC(=O)Nc4ccc(F)cc4)C[C@@H]2N(C(C)C)CC3)cc1OC.O=C(O)C(F)(F)F. The summed E-state index contributed by atoms with van der Waals surface area (Å²) >= 11 is 0. The van der Waals surface area contributed by atoms with Crippen molar-refractivity contribution in [1.82, 2.24) is 10.2 Å². The maximum atomic E-state index is 13.1. The molecule has 2 aromatic carbocycles. The number of aliphatic carboxylic acids is 1. The lowest BCUT2D eigenvalue weighted by Gasteiger charge is -2.46. The Morgan fingerprint density at radius 1 is 1.05 bits per heavy atom. The lowest BCUT2D eigenvalue weighted by atomic mass is 9.65. The molecule has 8 nitrogen and oxygen atoms in total. The summed E-state index contributed by atoms with van der Waals surface area (Å²) in [6, 6.07) is 12.7. The van der Waals surface area contributed by atoms with Gasteiger partial charge >= 0.3 is 18.2 Å². The molecule has 0 spiro atoms. The van der Waals surface area contributed by atoms with Crippen LogP contribution in [0.3, 0.4) is 0 Å². The van der Waals surface area contributed by atoms with Crippen molar-refractivity contribution in [2.24, 2.45) is 0 Å². The minimum atomic E-state index is -5.08. The summed E-state index contributed by atoms with van der Waals surface area (Å²) < 4.78 is 55.9. The van der Waals surface area contributed by atoms with Crippen molar-refractivity contribution in [3.63, 3.8) is 0 Å². The second-order valence-corrected chi connectivity index (χ2v) is 10.2. The van der Waals surface area contributed by atoms with Crippen molar-refractivity contribution in [3.8, 4) is 11.5 Å². The largest absolute Gasteiger partial charge is 0.493 e. The summed E-state index contributed by atoms with van der Waals surface area (Å²) in [5, 5.41) is 13.1. The van der Waals surface area contributed by atoms with E-state index in [1.54, 1.807) is 26.4 Å². The predicted octanol–water partition coefficient (Wildman–Crippen LogP) is 5.57. The van der Waals surface area contributed by atoms with Crippen molar-refractivity contribution in [2.45, 2.75) is 69.2 Å². The second kappa shape index (κ2) is 12.8. The van der Waals surface area contributed by atoms with E-state index < -0.39 is 12.1 Å². The number of methoxy groups -OCH3 is 2. The minimum absolute atomic E-state index is 0.0232. The van der Waals surface area contributed by atoms with Gasteiger partial charge in [-0.05, 0) is 88.0 Å². The molecule has 0 bridgehead atoms. The third kappa shape index (κ3) is 7.15. The molecule has 0 radical (unpaired) electrons. The quantitative estimate of drug-likeness (QED) is 0.394. The molecule has 1 saturated carbocycles. The number of fused-ring (bicyclic) bond motifs is 1. The molecule has 0 aromatic heterocycles. The highest BCUT2D eigenvalue weighted by atomic mass is 19.4. The molecule has 1 heterocycles. The van der Waals surface area contributed by atoms with Crippen LogP contribution in [0.2, 0.25) is 0 Å². The first kappa shape index (κ1) is 31.0. The molecule has 2 fully saturated rings. The summed E-state index contributed by atoms with van der Waals surface area (Å²) in [7, 11) is 3.33. The normalized spacial score (nSPS) is 22.5. The molecule has 12 heteroatoms. The average Bonchev–Trinajstić information content (AvgIpc) is 3.29. The van der Waals surface area contributed by atoms with Crippen LogP contribution in [-0.4, -0.2) is 67.1 Å². The Labute approximate surface area is 230 Å². The molecule has 4 rings (SSSR count). The molecule has 0 unspecified atom stereocenters. The Bertz CT molecular complexity index is 1180. The topological polar surface area (TPSA) is 100 Å². The first-order chi connectivity index (χ1) is 18.8. The standard InChI is InChI=1S/C26H34FN3O3.C2HF3O2/c1-17(2)30-14-13-26(18-5-10-22(32-3)23(15-18)33-4)12-11-21(16-24(26)30)29-25(31)28-20-8-6-19(27)7-9-20;3-2(4,5)1(6)7/h5-10,15,17,21,24H,11-14,16H2,1-4H3,(H2,28,29,31);(H,6,7)/t21-,24+,26+;/m1./s1. The maximum Gasteiger partial charge on any atom is 0.490 e. The van der Waals surface area contributed by atoms with E-state index in [4.69, 9.17) is 19.4 Å². The highest BCUT2D eigenvalue weighted by molar-refractivity contribution is 5.89. The van der Waals surface area contributed by atoms with Crippen molar-refractivity contribution in [3.05, 3.63) is 53.8 Å². The zero-order chi connectivity index (χ0) is 29.7. The molecule has 1 aliphatic heterocycles. The third-order valence-electron chi connectivity index (χ3n) is 7.60. The van der Waals surface area contributed by atoms with E-state index in [0.29, 0.717) is 17.8 Å². The molecule has 3 N–H and O–H groups in total. The number of amides is 2. The molecule has 40 heavy (non-hydrogen) atoms. The van der Waals surface area contributed by atoms with Crippen LogP contribution >= 0.6 is 0 Å². The van der Waals surface area contributed by atoms with Crippen molar-refractivity contribution < 1.29 is 41.7 Å². The number of halogens is 4. The number of urea groups is 1. The van der Waals surface area contributed by atoms with Gasteiger partial charge in [-0.25, -0.2) is 14.0 Å². The zero-order valence-corrected chi connectivity index (χ0v) is 22.8.